The monoisotopic (exact) mass is 469 g/mol. The van der Waals surface area contributed by atoms with Gasteiger partial charge in [-0.05, 0) is 76.2 Å². The Morgan fingerprint density at radius 3 is 2.73 bits per heavy atom. The van der Waals surface area contributed by atoms with E-state index in [-0.39, 0.29) is 17.9 Å². The van der Waals surface area contributed by atoms with Gasteiger partial charge in [0, 0.05) is 17.3 Å². The van der Waals surface area contributed by atoms with Crippen molar-refractivity contribution in [1.82, 2.24) is 19.9 Å². The van der Waals surface area contributed by atoms with Crippen molar-refractivity contribution in [3.05, 3.63) is 40.9 Å². The van der Waals surface area contributed by atoms with Crippen LogP contribution in [0.4, 0.5) is 10.2 Å². The third kappa shape index (κ3) is 4.70. The number of nitrogens with zero attached hydrogens (tertiary/aromatic N) is 4. The van der Waals surface area contributed by atoms with Crippen LogP contribution in [0.5, 0.6) is 5.88 Å². The van der Waals surface area contributed by atoms with Crippen molar-refractivity contribution in [2.45, 2.75) is 63.0 Å². The van der Waals surface area contributed by atoms with E-state index < -0.39 is 5.82 Å². The topological polar surface area (TPSA) is 80.2 Å². The molecule has 1 fully saturated rings. The normalized spacial score (nSPS) is 22.5. The summed E-state index contributed by atoms with van der Waals surface area (Å²) in [5.74, 6) is 0.523. The molecule has 5 rings (SSSR count). The molecule has 0 bridgehead atoms. The second kappa shape index (κ2) is 9.30. The molecule has 1 amide bonds. The number of anilines is 1. The number of amides is 1. The summed E-state index contributed by atoms with van der Waals surface area (Å²) in [7, 11) is 4.27. The Hall–Kier alpha value is -2.65. The number of thiophene rings is 1. The third-order valence-electron chi connectivity index (χ3n) is 6.77. The highest BCUT2D eigenvalue weighted by molar-refractivity contribution is 7.19. The van der Waals surface area contributed by atoms with Crippen LogP contribution in [0.2, 0.25) is 0 Å². The molecule has 0 spiro atoms. The first-order chi connectivity index (χ1) is 16.0. The molecule has 0 saturated heterocycles. The molecule has 9 heteroatoms. The second-order valence-corrected chi connectivity index (χ2v) is 10.2. The van der Waals surface area contributed by atoms with Crippen molar-refractivity contribution < 1.29 is 13.9 Å². The quantitative estimate of drug-likeness (QED) is 0.571. The Bertz CT molecular complexity index is 1140. The van der Waals surface area contributed by atoms with Crippen LogP contribution < -0.4 is 10.1 Å². The van der Waals surface area contributed by atoms with E-state index in [1.54, 1.807) is 17.7 Å². The molecule has 3 aromatic rings. The van der Waals surface area contributed by atoms with Crippen LogP contribution in [-0.2, 0) is 11.2 Å². The van der Waals surface area contributed by atoms with E-state index in [1.165, 1.54) is 17.0 Å². The predicted octanol–water partition coefficient (Wildman–Crippen LogP) is 4.54. The smallest absolute Gasteiger partial charge is 0.226 e. The van der Waals surface area contributed by atoms with E-state index in [2.05, 4.69) is 39.3 Å². The summed E-state index contributed by atoms with van der Waals surface area (Å²) < 4.78 is 19.5. The van der Waals surface area contributed by atoms with Gasteiger partial charge >= 0.3 is 0 Å². The van der Waals surface area contributed by atoms with Gasteiger partial charge in [0.2, 0.25) is 11.8 Å². The number of rotatable bonds is 6. The number of halogens is 1. The van der Waals surface area contributed by atoms with E-state index in [9.17, 15) is 9.18 Å². The number of carbonyl (C=O) groups excluding carboxylic acids is 1. The number of fused-ring (bicyclic) bond motifs is 3. The van der Waals surface area contributed by atoms with Crippen LogP contribution in [0.3, 0.4) is 0 Å². The first-order valence-corrected chi connectivity index (χ1v) is 12.3. The Morgan fingerprint density at radius 1 is 1.18 bits per heavy atom. The van der Waals surface area contributed by atoms with E-state index in [0.29, 0.717) is 24.2 Å². The van der Waals surface area contributed by atoms with Crippen molar-refractivity contribution >= 4 is 33.3 Å². The van der Waals surface area contributed by atoms with Gasteiger partial charge in [-0.3, -0.25) is 4.79 Å². The molecule has 2 aliphatic carbocycles. The van der Waals surface area contributed by atoms with Crippen LogP contribution in [0.25, 0.3) is 10.2 Å². The number of hydrogen-bond donors (Lipinski definition) is 1. The highest BCUT2D eigenvalue weighted by Gasteiger charge is 2.32. The van der Waals surface area contributed by atoms with Gasteiger partial charge in [-0.1, -0.05) is 0 Å². The Morgan fingerprint density at radius 2 is 2.00 bits per heavy atom. The number of ether oxygens (including phenoxy) is 1. The molecule has 3 aromatic heterocycles. The highest BCUT2D eigenvalue weighted by atomic mass is 32.1. The summed E-state index contributed by atoms with van der Waals surface area (Å²) in [6.45, 7) is 0. The zero-order valence-corrected chi connectivity index (χ0v) is 19.7. The lowest BCUT2D eigenvalue weighted by Crippen LogP contribution is -2.35. The summed E-state index contributed by atoms with van der Waals surface area (Å²) in [6.07, 6.45) is 9.26. The van der Waals surface area contributed by atoms with E-state index in [4.69, 9.17) is 4.74 Å². The average Bonchev–Trinajstić information content (AvgIpc) is 3.36. The molecule has 0 unspecified atom stereocenters. The maximum absolute atomic E-state index is 13.1. The zero-order chi connectivity index (χ0) is 22.9. The molecule has 1 N–H and O–H groups in total. The predicted molar refractivity (Wildman–Crippen MR) is 126 cm³/mol. The van der Waals surface area contributed by atoms with Crippen molar-refractivity contribution in [3.8, 4) is 5.88 Å². The maximum Gasteiger partial charge on any atom is 0.226 e. The van der Waals surface area contributed by atoms with Crippen molar-refractivity contribution in [3.63, 3.8) is 0 Å². The molecule has 1 atom stereocenters. The van der Waals surface area contributed by atoms with Crippen molar-refractivity contribution in [2.24, 2.45) is 0 Å². The minimum absolute atomic E-state index is 0.0759. The number of carbonyl (C=O) groups is 1. The number of pyridine rings is 1. The molecule has 1 saturated carbocycles. The van der Waals surface area contributed by atoms with Crippen molar-refractivity contribution in [1.29, 1.82) is 0 Å². The van der Waals surface area contributed by atoms with Crippen molar-refractivity contribution in [2.75, 3.05) is 19.4 Å². The van der Waals surface area contributed by atoms with Crippen LogP contribution in [0.1, 0.15) is 54.9 Å². The van der Waals surface area contributed by atoms with Gasteiger partial charge < -0.3 is 15.0 Å². The third-order valence-corrected chi connectivity index (χ3v) is 7.95. The molecule has 0 aliphatic heterocycles. The zero-order valence-electron chi connectivity index (χ0n) is 18.9. The first-order valence-electron chi connectivity index (χ1n) is 11.5. The van der Waals surface area contributed by atoms with E-state index in [0.717, 1.165) is 60.5 Å². The molecule has 0 aromatic carbocycles. The first kappa shape index (κ1) is 22.2. The molecular weight excluding hydrogens is 441 g/mol. The number of aryl methyl sites for hydroxylation is 1. The summed E-state index contributed by atoms with van der Waals surface area (Å²) >= 11 is 1.68. The summed E-state index contributed by atoms with van der Waals surface area (Å²) in [6, 6.07) is 3.37. The standard InChI is InChI=1S/C24H28FN5O2S/c1-30(2)16-5-7-17(8-6-16)32-23-22-21-14(3-9-18(21)33-24(22)28-13-27-23)11-20(31)29-19-10-4-15(25)12-26-19/h4,10,12-14,16-17H,3,5-9,11H2,1-2H3,(H,26,29,31)/t14-,16-,17-/m0/s1. The lowest BCUT2D eigenvalue weighted by atomic mass is 9.92. The van der Waals surface area contributed by atoms with E-state index in [1.807, 2.05) is 0 Å². The molecule has 33 heavy (non-hydrogen) atoms. The number of aromatic nitrogens is 3. The van der Waals surface area contributed by atoms with Gasteiger partial charge in [0.1, 0.15) is 28.9 Å². The summed E-state index contributed by atoms with van der Waals surface area (Å²) in [5.41, 5.74) is 1.16. The Labute approximate surface area is 196 Å². The molecule has 174 valence electrons. The SMILES string of the molecule is CN(C)[C@H]1CC[C@H](Oc2ncnc3sc4c(c23)[C@H](CC(=O)Nc2ccc(F)cn2)CC4)CC1. The van der Waals surface area contributed by atoms with Crippen LogP contribution in [0, 0.1) is 5.82 Å². The fourth-order valence-corrected chi connectivity index (χ4v) is 6.27. The van der Waals surface area contributed by atoms with Gasteiger partial charge in [0.05, 0.1) is 11.6 Å². The molecule has 3 heterocycles. The highest BCUT2D eigenvalue weighted by Crippen LogP contribution is 2.47. The number of hydrogen-bond acceptors (Lipinski definition) is 7. The van der Waals surface area contributed by atoms with Gasteiger partial charge in [-0.25, -0.2) is 19.3 Å². The van der Waals surface area contributed by atoms with Gasteiger partial charge in [-0.15, -0.1) is 11.3 Å². The van der Waals surface area contributed by atoms with Gasteiger partial charge in [0.25, 0.3) is 0 Å². The Balaban J connectivity index is 1.33. The minimum Gasteiger partial charge on any atom is -0.474 e. The van der Waals surface area contributed by atoms with E-state index >= 15 is 0 Å². The number of nitrogens with one attached hydrogen (secondary N) is 1. The average molecular weight is 470 g/mol. The molecule has 7 nitrogen and oxygen atoms in total. The van der Waals surface area contributed by atoms with Crippen LogP contribution >= 0.6 is 11.3 Å². The largest absolute Gasteiger partial charge is 0.474 e. The van der Waals surface area contributed by atoms with Crippen LogP contribution in [-0.4, -0.2) is 52.0 Å². The minimum atomic E-state index is -0.430. The molecule has 0 radical (unpaired) electrons. The molecule has 2 aliphatic rings. The summed E-state index contributed by atoms with van der Waals surface area (Å²) in [4.78, 5) is 30.1. The summed E-state index contributed by atoms with van der Waals surface area (Å²) in [5, 5.41) is 3.76. The van der Waals surface area contributed by atoms with Crippen LogP contribution in [0.15, 0.2) is 24.7 Å². The molecular formula is C24H28FN5O2S. The maximum atomic E-state index is 13.1. The fourth-order valence-electron chi connectivity index (χ4n) is 5.04. The second-order valence-electron chi connectivity index (χ2n) is 9.16. The Kier molecular flexibility index (Phi) is 6.25. The lowest BCUT2D eigenvalue weighted by molar-refractivity contribution is -0.116. The van der Waals surface area contributed by atoms with Gasteiger partial charge in [-0.2, -0.15) is 0 Å². The fraction of sp³-hybridized carbons (Fsp3) is 0.500. The van der Waals surface area contributed by atoms with Gasteiger partial charge in [0.15, 0.2) is 0 Å². The lowest BCUT2D eigenvalue weighted by Gasteiger charge is -2.32.